The summed E-state index contributed by atoms with van der Waals surface area (Å²) in [6.07, 6.45) is 6.73. The van der Waals surface area contributed by atoms with Crippen LogP contribution in [0.1, 0.15) is 39.5 Å². The summed E-state index contributed by atoms with van der Waals surface area (Å²) in [5.74, 6) is 2.76. The summed E-state index contributed by atoms with van der Waals surface area (Å²) in [7, 11) is 0. The highest BCUT2D eigenvalue weighted by atomic mass is 16.5. The molecule has 0 aromatic carbocycles. The molecule has 1 aromatic heterocycles. The summed E-state index contributed by atoms with van der Waals surface area (Å²) in [6.45, 7) is 5.74. The largest absolute Gasteiger partial charge is 0.476 e. The number of hydrogen-bond donors (Lipinski definition) is 2. The van der Waals surface area contributed by atoms with Gasteiger partial charge in [0.25, 0.3) is 0 Å². The second-order valence-electron chi connectivity index (χ2n) is 5.38. The third-order valence-corrected chi connectivity index (χ3v) is 3.82. The van der Waals surface area contributed by atoms with Crippen molar-refractivity contribution in [3.8, 4) is 5.88 Å². The van der Waals surface area contributed by atoms with Crippen molar-refractivity contribution >= 4 is 11.5 Å². The highest BCUT2D eigenvalue weighted by Crippen LogP contribution is 2.29. The Hall–Kier alpha value is -1.52. The van der Waals surface area contributed by atoms with Gasteiger partial charge >= 0.3 is 0 Å². The van der Waals surface area contributed by atoms with Crippen LogP contribution >= 0.6 is 0 Å². The molecule has 0 bridgehead atoms. The van der Waals surface area contributed by atoms with Crippen molar-refractivity contribution in [3.05, 3.63) is 6.33 Å². The van der Waals surface area contributed by atoms with Crippen molar-refractivity contribution in [2.24, 2.45) is 11.8 Å². The van der Waals surface area contributed by atoms with Crippen LogP contribution in [0.15, 0.2) is 6.33 Å². The third kappa shape index (κ3) is 3.72. The monoisotopic (exact) mass is 264 g/mol. The Morgan fingerprint density at radius 2 is 2.05 bits per heavy atom. The summed E-state index contributed by atoms with van der Waals surface area (Å²) >= 11 is 0. The van der Waals surface area contributed by atoms with Crippen molar-refractivity contribution in [3.63, 3.8) is 0 Å². The van der Waals surface area contributed by atoms with E-state index < -0.39 is 0 Å². The first-order valence-electron chi connectivity index (χ1n) is 7.17. The van der Waals surface area contributed by atoms with Crippen molar-refractivity contribution in [1.29, 1.82) is 0 Å². The molecule has 1 aliphatic carbocycles. The third-order valence-electron chi connectivity index (χ3n) is 3.82. The van der Waals surface area contributed by atoms with Gasteiger partial charge < -0.3 is 15.8 Å². The first kappa shape index (κ1) is 13.9. The van der Waals surface area contributed by atoms with Crippen LogP contribution in [0.5, 0.6) is 5.88 Å². The van der Waals surface area contributed by atoms with Crippen molar-refractivity contribution in [2.45, 2.75) is 39.5 Å². The number of hydrogen-bond acceptors (Lipinski definition) is 5. The Morgan fingerprint density at radius 1 is 1.32 bits per heavy atom. The minimum atomic E-state index is 0.470. The molecule has 0 saturated heterocycles. The molecule has 1 heterocycles. The number of ether oxygens (including phenoxy) is 1. The van der Waals surface area contributed by atoms with Gasteiger partial charge in [-0.1, -0.05) is 19.8 Å². The van der Waals surface area contributed by atoms with Gasteiger partial charge in [-0.25, -0.2) is 4.98 Å². The molecular formula is C14H24N4O. The number of nitrogens with two attached hydrogens (primary N) is 1. The van der Waals surface area contributed by atoms with Gasteiger partial charge in [-0.05, 0) is 31.6 Å². The predicted octanol–water partition coefficient (Wildman–Crippen LogP) is 2.70. The number of nitrogens with one attached hydrogen (secondary N) is 1. The van der Waals surface area contributed by atoms with Crippen LogP contribution < -0.4 is 15.8 Å². The lowest BCUT2D eigenvalue weighted by Crippen LogP contribution is -2.21. The lowest BCUT2D eigenvalue weighted by atomic mass is 9.83. The Bertz CT molecular complexity index is 402. The molecule has 5 nitrogen and oxygen atoms in total. The van der Waals surface area contributed by atoms with Crippen LogP contribution in [0, 0.1) is 11.8 Å². The first-order valence-corrected chi connectivity index (χ1v) is 7.17. The van der Waals surface area contributed by atoms with Gasteiger partial charge in [-0.2, -0.15) is 4.98 Å². The molecule has 1 aromatic rings. The zero-order valence-corrected chi connectivity index (χ0v) is 11.9. The topological polar surface area (TPSA) is 73.1 Å². The number of nitrogens with zero attached hydrogens (tertiary/aromatic N) is 2. The Labute approximate surface area is 115 Å². The second kappa shape index (κ2) is 6.59. The lowest BCUT2D eigenvalue weighted by Gasteiger charge is -2.26. The van der Waals surface area contributed by atoms with Crippen LogP contribution in [-0.4, -0.2) is 23.1 Å². The molecule has 0 amide bonds. The van der Waals surface area contributed by atoms with E-state index in [-0.39, 0.29) is 0 Å². The van der Waals surface area contributed by atoms with Crippen LogP contribution in [0.3, 0.4) is 0 Å². The molecular weight excluding hydrogens is 240 g/mol. The molecule has 0 atom stereocenters. The molecule has 19 heavy (non-hydrogen) atoms. The van der Waals surface area contributed by atoms with Gasteiger partial charge in [-0.3, -0.25) is 0 Å². The number of rotatable bonds is 5. The Kier molecular flexibility index (Phi) is 4.82. The number of aromatic nitrogens is 2. The van der Waals surface area contributed by atoms with E-state index in [1.54, 1.807) is 0 Å². The lowest BCUT2D eigenvalue weighted by molar-refractivity contribution is 0.300. The van der Waals surface area contributed by atoms with E-state index in [9.17, 15) is 0 Å². The van der Waals surface area contributed by atoms with E-state index in [2.05, 4.69) is 22.2 Å². The van der Waals surface area contributed by atoms with Gasteiger partial charge in [0.05, 0.1) is 6.61 Å². The van der Waals surface area contributed by atoms with Gasteiger partial charge in [-0.15, -0.1) is 0 Å². The molecule has 1 fully saturated rings. The molecule has 3 N–H and O–H groups in total. The molecule has 0 radical (unpaired) electrons. The van der Waals surface area contributed by atoms with Gasteiger partial charge in [0.1, 0.15) is 12.0 Å². The molecule has 1 saturated carbocycles. The molecule has 0 spiro atoms. The molecule has 1 aliphatic rings. The zero-order chi connectivity index (χ0) is 13.7. The molecule has 0 aliphatic heterocycles. The average Bonchev–Trinajstić information content (AvgIpc) is 2.42. The van der Waals surface area contributed by atoms with E-state index in [0.29, 0.717) is 24.0 Å². The van der Waals surface area contributed by atoms with Crippen LogP contribution in [-0.2, 0) is 0 Å². The first-order chi connectivity index (χ1) is 9.20. The SMILES string of the molecule is CCOc1ncnc(NCC2CCC(C)CC2)c1N. The van der Waals surface area contributed by atoms with E-state index in [1.807, 2.05) is 6.92 Å². The summed E-state index contributed by atoms with van der Waals surface area (Å²) in [5, 5.41) is 3.34. The van der Waals surface area contributed by atoms with E-state index in [4.69, 9.17) is 10.5 Å². The zero-order valence-electron chi connectivity index (χ0n) is 11.9. The fourth-order valence-corrected chi connectivity index (χ4v) is 2.55. The van der Waals surface area contributed by atoms with E-state index >= 15 is 0 Å². The fraction of sp³-hybridized carbons (Fsp3) is 0.714. The number of anilines is 2. The van der Waals surface area contributed by atoms with Gasteiger partial charge in [0.2, 0.25) is 5.88 Å². The summed E-state index contributed by atoms with van der Waals surface area (Å²) in [5.41, 5.74) is 6.50. The smallest absolute Gasteiger partial charge is 0.242 e. The number of nitrogen functional groups attached to an aromatic ring is 1. The van der Waals surface area contributed by atoms with Gasteiger partial charge in [0, 0.05) is 6.54 Å². The fourth-order valence-electron chi connectivity index (χ4n) is 2.55. The highest BCUT2D eigenvalue weighted by Gasteiger charge is 2.18. The highest BCUT2D eigenvalue weighted by molar-refractivity contribution is 5.66. The van der Waals surface area contributed by atoms with Crippen molar-refractivity contribution < 1.29 is 4.74 Å². The van der Waals surface area contributed by atoms with Crippen LogP contribution in [0.2, 0.25) is 0 Å². The average molecular weight is 264 g/mol. The minimum absolute atomic E-state index is 0.470. The van der Waals surface area contributed by atoms with Crippen LogP contribution in [0.4, 0.5) is 11.5 Å². The van der Waals surface area contributed by atoms with Crippen LogP contribution in [0.25, 0.3) is 0 Å². The second-order valence-corrected chi connectivity index (χ2v) is 5.38. The van der Waals surface area contributed by atoms with Gasteiger partial charge in [0.15, 0.2) is 5.82 Å². The standard InChI is InChI=1S/C14H24N4O/c1-3-19-14-12(15)13(17-9-18-14)16-8-11-6-4-10(2)5-7-11/h9-11H,3-8,15H2,1-2H3,(H,16,17,18). The Morgan fingerprint density at radius 3 is 2.74 bits per heavy atom. The summed E-state index contributed by atoms with van der Waals surface area (Å²) < 4.78 is 5.37. The predicted molar refractivity (Wildman–Crippen MR) is 77.2 cm³/mol. The minimum Gasteiger partial charge on any atom is -0.476 e. The molecule has 0 unspecified atom stereocenters. The summed E-state index contributed by atoms with van der Waals surface area (Å²) in [4.78, 5) is 8.23. The maximum atomic E-state index is 5.99. The normalized spacial score (nSPS) is 23.1. The van der Waals surface area contributed by atoms with Crippen molar-refractivity contribution in [1.82, 2.24) is 9.97 Å². The molecule has 5 heteroatoms. The summed E-state index contributed by atoms with van der Waals surface area (Å²) in [6, 6.07) is 0. The quantitative estimate of drug-likeness (QED) is 0.855. The Balaban J connectivity index is 1.90. The van der Waals surface area contributed by atoms with E-state index in [0.717, 1.165) is 18.4 Å². The maximum Gasteiger partial charge on any atom is 0.242 e. The van der Waals surface area contributed by atoms with Crippen molar-refractivity contribution in [2.75, 3.05) is 24.2 Å². The van der Waals surface area contributed by atoms with E-state index in [1.165, 1.54) is 32.0 Å². The molecule has 2 rings (SSSR count). The maximum absolute atomic E-state index is 5.99. The molecule has 106 valence electrons.